The number of carbonyl (C=O) groups excluding carboxylic acids is 4. The lowest BCUT2D eigenvalue weighted by molar-refractivity contribution is -0.125. The summed E-state index contributed by atoms with van der Waals surface area (Å²) < 4.78 is 5.37. The number of halogens is 1. The van der Waals surface area contributed by atoms with Gasteiger partial charge in [-0.05, 0) is 60.9 Å². The Labute approximate surface area is 261 Å². The molecule has 2 aliphatic rings. The maximum absolute atomic E-state index is 13.2. The van der Waals surface area contributed by atoms with E-state index in [0.717, 1.165) is 36.8 Å². The number of hydrogen-bond acceptors (Lipinski definition) is 6. The maximum atomic E-state index is 13.2. The van der Waals surface area contributed by atoms with Gasteiger partial charge in [-0.3, -0.25) is 9.59 Å². The maximum Gasteiger partial charge on any atom is 0.407 e. The first kappa shape index (κ1) is 32.8. The lowest BCUT2D eigenvalue weighted by Crippen LogP contribution is -2.43. The zero-order valence-corrected chi connectivity index (χ0v) is 25.3. The van der Waals surface area contributed by atoms with Gasteiger partial charge in [0.2, 0.25) is 11.8 Å². The fourth-order valence-corrected chi connectivity index (χ4v) is 6.06. The third-order valence-electron chi connectivity index (χ3n) is 8.20. The average molecular weight is 627 g/mol. The summed E-state index contributed by atoms with van der Waals surface area (Å²) in [6.45, 7) is 0.655. The summed E-state index contributed by atoms with van der Waals surface area (Å²) in [6.07, 6.45) is 3.57. The predicted molar refractivity (Wildman–Crippen MR) is 164 cm³/mol. The molecule has 1 aliphatic heterocycles. The van der Waals surface area contributed by atoms with Crippen molar-refractivity contribution in [1.82, 2.24) is 15.5 Å². The van der Waals surface area contributed by atoms with Gasteiger partial charge in [0, 0.05) is 42.7 Å². The number of rotatable bonds is 11. The van der Waals surface area contributed by atoms with Gasteiger partial charge in [-0.15, -0.1) is 0 Å². The fourth-order valence-electron chi connectivity index (χ4n) is 5.85. The lowest BCUT2D eigenvalue weighted by Gasteiger charge is -2.32. The van der Waals surface area contributed by atoms with Gasteiger partial charge in [-0.2, -0.15) is 0 Å². The Morgan fingerprint density at radius 1 is 1.05 bits per heavy atom. The molecule has 12 heteroatoms. The van der Waals surface area contributed by atoms with E-state index < -0.39 is 18.2 Å². The van der Waals surface area contributed by atoms with Gasteiger partial charge in [0.1, 0.15) is 12.9 Å². The van der Waals surface area contributed by atoms with Crippen LogP contribution in [0.1, 0.15) is 62.5 Å². The Hall–Kier alpha value is -4.12. The summed E-state index contributed by atoms with van der Waals surface area (Å²) in [7, 11) is 0. The summed E-state index contributed by atoms with van der Waals surface area (Å²) in [5, 5.41) is 15.7. The largest absolute Gasteiger partial charge is 0.465 e. The second-order valence-corrected chi connectivity index (χ2v) is 11.7. The molecule has 0 aromatic heterocycles. The molecule has 0 radical (unpaired) electrons. The minimum atomic E-state index is -1.05. The first-order chi connectivity index (χ1) is 21.2. The number of nitrogens with one attached hydrogen (secondary N) is 2. The van der Waals surface area contributed by atoms with Gasteiger partial charge in [-0.1, -0.05) is 54.8 Å². The van der Waals surface area contributed by atoms with Crippen molar-refractivity contribution in [3.63, 3.8) is 0 Å². The van der Waals surface area contributed by atoms with Crippen LogP contribution in [0.3, 0.4) is 0 Å². The molecule has 0 saturated heterocycles. The van der Waals surface area contributed by atoms with Crippen LogP contribution in [0.5, 0.6) is 0 Å². The van der Waals surface area contributed by atoms with Crippen LogP contribution in [-0.2, 0) is 32.3 Å². The molecule has 1 saturated carbocycles. The van der Waals surface area contributed by atoms with Gasteiger partial charge in [-0.25, -0.2) is 9.59 Å². The number of benzene rings is 2. The molecule has 2 aromatic rings. The monoisotopic (exact) mass is 626 g/mol. The van der Waals surface area contributed by atoms with Crippen molar-refractivity contribution < 1.29 is 33.8 Å². The first-order valence-electron chi connectivity index (χ1n) is 15.0. The predicted octanol–water partition coefficient (Wildman–Crippen LogP) is 4.90. The van der Waals surface area contributed by atoms with Crippen LogP contribution in [0.4, 0.5) is 15.3 Å². The Balaban J connectivity index is 1.23. The summed E-state index contributed by atoms with van der Waals surface area (Å²) in [5.41, 5.74) is 2.17. The van der Waals surface area contributed by atoms with Crippen molar-refractivity contribution in [3.8, 4) is 0 Å². The number of carboxylic acid groups (broad SMARTS) is 1. The zero-order valence-electron chi connectivity index (χ0n) is 24.6. The molecule has 3 N–H and O–H groups in total. The highest BCUT2D eigenvalue weighted by Gasteiger charge is 2.29. The Kier molecular flexibility index (Phi) is 12.0. The van der Waals surface area contributed by atoms with E-state index in [9.17, 15) is 29.1 Å². The van der Waals surface area contributed by atoms with Crippen LogP contribution in [0, 0.1) is 5.92 Å². The number of ether oxygens (including phenoxy) is 1. The van der Waals surface area contributed by atoms with Crippen LogP contribution >= 0.6 is 11.6 Å². The van der Waals surface area contributed by atoms with Crippen molar-refractivity contribution in [2.24, 2.45) is 5.92 Å². The molecule has 11 nitrogen and oxygen atoms in total. The standard InChI is InChI=1S/C32H39ClN4O7/c33-25-9-5-6-22(18-25)21-44-31(41)35-27-10-3-1-7-23(27)12-14-29(39)34-26(20-38)13-15-30(40)37-17-16-36(32(42)43)19-24-8-2-4-11-28(24)37/h2,4-6,8-9,11,18,20,23,26-27H,1,3,7,10,12-17,19,21H2,(H,34,39)(H,35,41)(H,42,43). The number of anilines is 1. The second kappa shape index (κ2) is 16.1. The molecule has 44 heavy (non-hydrogen) atoms. The fraction of sp³-hybridized carbons (Fsp3) is 0.469. The molecule has 1 fully saturated rings. The van der Waals surface area contributed by atoms with E-state index in [2.05, 4.69) is 10.6 Å². The summed E-state index contributed by atoms with van der Waals surface area (Å²) in [6, 6.07) is 13.3. The zero-order chi connectivity index (χ0) is 31.5. The number of para-hydroxylation sites is 1. The summed E-state index contributed by atoms with van der Waals surface area (Å²) >= 11 is 5.99. The SMILES string of the molecule is O=CC(CCC(=O)N1CCN(C(=O)O)Cc2ccccc21)NC(=O)CCC1CCCCC1NC(=O)OCc1cccc(Cl)c1. The molecule has 2 aromatic carbocycles. The molecule has 0 bridgehead atoms. The molecular weight excluding hydrogens is 588 g/mol. The molecule has 1 aliphatic carbocycles. The summed E-state index contributed by atoms with van der Waals surface area (Å²) in [5.74, 6) is -0.443. The molecule has 1 heterocycles. The van der Waals surface area contributed by atoms with Gasteiger partial charge in [0.15, 0.2) is 0 Å². The van der Waals surface area contributed by atoms with Gasteiger partial charge < -0.3 is 35.1 Å². The van der Waals surface area contributed by atoms with E-state index in [1.54, 1.807) is 47.4 Å². The highest BCUT2D eigenvalue weighted by molar-refractivity contribution is 6.30. The van der Waals surface area contributed by atoms with Crippen LogP contribution in [-0.4, -0.2) is 65.5 Å². The molecule has 4 rings (SSSR count). The van der Waals surface area contributed by atoms with E-state index in [1.807, 2.05) is 6.07 Å². The highest BCUT2D eigenvalue weighted by atomic mass is 35.5. The van der Waals surface area contributed by atoms with Gasteiger partial charge in [0.25, 0.3) is 0 Å². The highest BCUT2D eigenvalue weighted by Crippen LogP contribution is 2.29. The van der Waals surface area contributed by atoms with Crippen molar-refractivity contribution in [3.05, 3.63) is 64.7 Å². The van der Waals surface area contributed by atoms with Crippen molar-refractivity contribution in [1.29, 1.82) is 0 Å². The molecule has 3 unspecified atom stereocenters. The molecule has 236 valence electrons. The Bertz CT molecular complexity index is 1340. The topological polar surface area (TPSA) is 145 Å². The number of alkyl carbamates (subject to hydrolysis) is 1. The molecular formula is C32H39ClN4O7. The molecule has 0 spiro atoms. The van der Waals surface area contributed by atoms with E-state index in [4.69, 9.17) is 16.3 Å². The Morgan fingerprint density at radius 3 is 2.61 bits per heavy atom. The number of amides is 4. The van der Waals surface area contributed by atoms with E-state index in [0.29, 0.717) is 23.4 Å². The smallest absolute Gasteiger partial charge is 0.407 e. The van der Waals surface area contributed by atoms with E-state index in [-0.39, 0.29) is 69.3 Å². The Morgan fingerprint density at radius 2 is 1.84 bits per heavy atom. The molecule has 4 amide bonds. The average Bonchev–Trinajstić information content (AvgIpc) is 3.22. The van der Waals surface area contributed by atoms with Crippen LogP contribution < -0.4 is 15.5 Å². The van der Waals surface area contributed by atoms with E-state index >= 15 is 0 Å². The van der Waals surface area contributed by atoms with Gasteiger partial charge in [0.05, 0.1) is 12.6 Å². The number of carbonyl (C=O) groups is 5. The van der Waals surface area contributed by atoms with Crippen molar-refractivity contribution in [2.75, 3.05) is 18.0 Å². The quantitative estimate of drug-likeness (QED) is 0.301. The third kappa shape index (κ3) is 9.44. The van der Waals surface area contributed by atoms with Crippen LogP contribution in [0.25, 0.3) is 0 Å². The van der Waals surface area contributed by atoms with Crippen LogP contribution in [0.15, 0.2) is 48.5 Å². The minimum Gasteiger partial charge on any atom is -0.465 e. The number of nitrogens with zero attached hydrogens (tertiary/aromatic N) is 2. The number of fused-ring (bicyclic) bond motifs is 1. The third-order valence-corrected chi connectivity index (χ3v) is 8.44. The van der Waals surface area contributed by atoms with Crippen molar-refractivity contribution in [2.45, 2.75) is 76.6 Å². The second-order valence-electron chi connectivity index (χ2n) is 11.3. The lowest BCUT2D eigenvalue weighted by atomic mass is 9.81. The summed E-state index contributed by atoms with van der Waals surface area (Å²) in [4.78, 5) is 64.6. The first-order valence-corrected chi connectivity index (χ1v) is 15.4. The van der Waals surface area contributed by atoms with E-state index in [1.165, 1.54) is 4.90 Å². The molecule has 3 atom stereocenters. The minimum absolute atomic E-state index is 0.0109. The number of aldehydes is 1. The van der Waals surface area contributed by atoms with Gasteiger partial charge >= 0.3 is 12.2 Å². The van der Waals surface area contributed by atoms with Crippen molar-refractivity contribution >= 4 is 47.6 Å². The number of hydrogen-bond donors (Lipinski definition) is 3. The normalized spacial score (nSPS) is 18.8. The van der Waals surface area contributed by atoms with Crippen LogP contribution in [0.2, 0.25) is 5.02 Å².